The molecule has 2 atom stereocenters. The Bertz CT molecular complexity index is 1250. The number of aryl methyl sites for hydroxylation is 1. The number of aromatic nitrogens is 2. The predicted octanol–water partition coefficient (Wildman–Crippen LogP) is 4.41. The van der Waals surface area contributed by atoms with Crippen molar-refractivity contribution in [2.45, 2.75) is 25.3 Å². The van der Waals surface area contributed by atoms with Crippen molar-refractivity contribution in [1.29, 1.82) is 0 Å². The highest BCUT2D eigenvalue weighted by atomic mass is 32.2. The number of benzene rings is 1. The van der Waals surface area contributed by atoms with E-state index in [1.165, 1.54) is 23.9 Å². The van der Waals surface area contributed by atoms with Gasteiger partial charge in [0.25, 0.3) is 0 Å². The summed E-state index contributed by atoms with van der Waals surface area (Å²) in [6.45, 7) is 2.00. The lowest BCUT2D eigenvalue weighted by Gasteiger charge is -2.45. The van der Waals surface area contributed by atoms with Crippen LogP contribution < -0.4 is 10.5 Å². The minimum absolute atomic E-state index is 0.0316. The van der Waals surface area contributed by atoms with Gasteiger partial charge in [-0.15, -0.1) is 0 Å². The van der Waals surface area contributed by atoms with Crippen LogP contribution in [0.15, 0.2) is 47.8 Å². The van der Waals surface area contributed by atoms with E-state index < -0.39 is 17.2 Å². The summed E-state index contributed by atoms with van der Waals surface area (Å²) in [7, 11) is 1.57. The van der Waals surface area contributed by atoms with Gasteiger partial charge in [0.15, 0.2) is 5.17 Å². The van der Waals surface area contributed by atoms with E-state index in [1.54, 1.807) is 7.11 Å². The highest BCUT2D eigenvalue weighted by Crippen LogP contribution is 2.51. The summed E-state index contributed by atoms with van der Waals surface area (Å²) in [5.41, 5.74) is 10.5. The first-order valence-electron chi connectivity index (χ1n) is 10.3. The molecule has 0 fully saturated rings. The van der Waals surface area contributed by atoms with Crippen molar-refractivity contribution in [3.05, 3.63) is 76.7 Å². The first kappa shape index (κ1) is 20.9. The van der Waals surface area contributed by atoms with Gasteiger partial charge >= 0.3 is 0 Å². The molecule has 5 rings (SSSR count). The Morgan fingerprint density at radius 2 is 2.00 bits per heavy atom. The number of halogens is 2. The monoisotopic (exact) mass is 452 g/mol. The summed E-state index contributed by atoms with van der Waals surface area (Å²) in [5, 5.41) is 0.402. The van der Waals surface area contributed by atoms with E-state index in [0.29, 0.717) is 35.2 Å². The summed E-state index contributed by atoms with van der Waals surface area (Å²) < 4.78 is 34.4. The van der Waals surface area contributed by atoms with Crippen LogP contribution in [0, 0.1) is 24.5 Å². The number of amidine groups is 1. The molecule has 0 bridgehead atoms. The van der Waals surface area contributed by atoms with E-state index in [0.717, 1.165) is 33.9 Å². The van der Waals surface area contributed by atoms with E-state index >= 15 is 4.39 Å². The van der Waals surface area contributed by atoms with Crippen molar-refractivity contribution in [3.8, 4) is 17.0 Å². The zero-order chi connectivity index (χ0) is 22.5. The van der Waals surface area contributed by atoms with E-state index in [-0.39, 0.29) is 5.92 Å². The normalized spacial score (nSPS) is 22.0. The van der Waals surface area contributed by atoms with Crippen LogP contribution in [-0.4, -0.2) is 28.0 Å². The highest BCUT2D eigenvalue weighted by Gasteiger charge is 2.49. The van der Waals surface area contributed by atoms with Gasteiger partial charge < -0.3 is 10.5 Å². The highest BCUT2D eigenvalue weighted by molar-refractivity contribution is 8.13. The summed E-state index contributed by atoms with van der Waals surface area (Å²) in [5.74, 6) is -0.103. The average Bonchev–Trinajstić information content (AvgIpc) is 2.76. The molecule has 2 aromatic heterocycles. The molecule has 1 aromatic carbocycles. The quantitative estimate of drug-likeness (QED) is 0.637. The molecule has 8 heteroatoms. The second-order valence-electron chi connectivity index (χ2n) is 8.28. The smallest absolute Gasteiger partial charge is 0.216 e. The standard InChI is InChI=1S/C24H22F2N4OS/c1-13-5-14(10-28-9-13)19-11-29-22(31-2)18-8-24(20-4-3-16(25)7-21(20)26)15(6-17(18)19)12-32-23(27)30-24/h3-5,7,9-11,15H,6,8,12H2,1-2H3,(H2,27,30)/t15-,24-/m0/s1. The molecule has 1 aliphatic heterocycles. The van der Waals surface area contributed by atoms with Crippen LogP contribution >= 0.6 is 11.8 Å². The zero-order valence-electron chi connectivity index (χ0n) is 17.7. The van der Waals surface area contributed by atoms with Gasteiger partial charge in [0.2, 0.25) is 5.88 Å². The van der Waals surface area contributed by atoms with Crippen molar-refractivity contribution in [2.75, 3.05) is 12.9 Å². The van der Waals surface area contributed by atoms with E-state index in [4.69, 9.17) is 15.5 Å². The predicted molar refractivity (Wildman–Crippen MR) is 122 cm³/mol. The molecular formula is C24H22F2N4OS. The minimum atomic E-state index is -0.946. The summed E-state index contributed by atoms with van der Waals surface area (Å²) >= 11 is 1.47. The van der Waals surface area contributed by atoms with Crippen molar-refractivity contribution in [2.24, 2.45) is 16.6 Å². The largest absolute Gasteiger partial charge is 0.481 e. The molecule has 0 spiro atoms. The Kier molecular flexibility index (Phi) is 5.12. The maximum absolute atomic E-state index is 15.1. The molecule has 5 nitrogen and oxygen atoms in total. The third-order valence-corrected chi connectivity index (χ3v) is 7.31. The Morgan fingerprint density at radius 1 is 1.16 bits per heavy atom. The summed E-state index contributed by atoms with van der Waals surface area (Å²) in [6, 6.07) is 5.75. The molecule has 0 saturated heterocycles. The van der Waals surface area contributed by atoms with Crippen LogP contribution in [0.5, 0.6) is 5.88 Å². The Labute approximate surface area is 189 Å². The number of aliphatic imine (C=N–C) groups is 1. The van der Waals surface area contributed by atoms with Gasteiger partial charge in [-0.3, -0.25) is 9.98 Å². The topological polar surface area (TPSA) is 73.4 Å². The molecule has 3 heterocycles. The van der Waals surface area contributed by atoms with Crippen molar-refractivity contribution < 1.29 is 13.5 Å². The maximum atomic E-state index is 15.1. The number of methoxy groups -OCH3 is 1. The number of nitrogens with zero attached hydrogens (tertiary/aromatic N) is 3. The van der Waals surface area contributed by atoms with Crippen molar-refractivity contribution in [3.63, 3.8) is 0 Å². The number of rotatable bonds is 3. The van der Waals surface area contributed by atoms with Gasteiger partial charge in [0.1, 0.15) is 11.6 Å². The number of ether oxygens (including phenoxy) is 1. The number of fused-ring (bicyclic) bond motifs is 2. The second kappa shape index (κ2) is 7.85. The van der Waals surface area contributed by atoms with E-state index in [2.05, 4.69) is 16.0 Å². The lowest BCUT2D eigenvalue weighted by molar-refractivity contribution is 0.262. The molecule has 0 saturated carbocycles. The van der Waals surface area contributed by atoms with Crippen molar-refractivity contribution in [1.82, 2.24) is 9.97 Å². The van der Waals surface area contributed by atoms with E-state index in [9.17, 15) is 4.39 Å². The fraction of sp³-hybridized carbons (Fsp3) is 0.292. The first-order chi connectivity index (χ1) is 15.4. The third kappa shape index (κ3) is 3.33. The van der Waals surface area contributed by atoms with Crippen LogP contribution in [-0.2, 0) is 18.4 Å². The molecular weight excluding hydrogens is 430 g/mol. The SMILES string of the molecule is COc1ncc(-c2cncc(C)c2)c2c1C[C@]1(c3ccc(F)cc3F)N=C(N)SC[C@@H]1C2. The fourth-order valence-electron chi connectivity index (χ4n) is 4.90. The van der Waals surface area contributed by atoms with Gasteiger partial charge in [-0.2, -0.15) is 0 Å². The first-order valence-corrected chi connectivity index (χ1v) is 11.3. The van der Waals surface area contributed by atoms with E-state index in [1.807, 2.05) is 25.5 Å². The molecule has 1 aliphatic carbocycles. The molecule has 0 amide bonds. The minimum Gasteiger partial charge on any atom is -0.481 e. The Morgan fingerprint density at radius 3 is 2.75 bits per heavy atom. The maximum Gasteiger partial charge on any atom is 0.216 e. The van der Waals surface area contributed by atoms with Crippen LogP contribution in [0.1, 0.15) is 22.3 Å². The zero-order valence-corrected chi connectivity index (χ0v) is 18.5. The van der Waals surface area contributed by atoms with Gasteiger partial charge in [-0.1, -0.05) is 17.8 Å². The molecule has 0 radical (unpaired) electrons. The molecule has 3 aromatic rings. The summed E-state index contributed by atoms with van der Waals surface area (Å²) in [4.78, 5) is 13.7. The van der Waals surface area contributed by atoms with Crippen LogP contribution in [0.25, 0.3) is 11.1 Å². The van der Waals surface area contributed by atoms with Gasteiger partial charge in [0.05, 0.1) is 12.6 Å². The summed E-state index contributed by atoms with van der Waals surface area (Å²) in [6.07, 6.45) is 6.44. The fourth-order valence-corrected chi connectivity index (χ4v) is 5.89. The second-order valence-corrected chi connectivity index (χ2v) is 9.32. The Hall–Kier alpha value is -3.00. The van der Waals surface area contributed by atoms with Crippen molar-refractivity contribution >= 4 is 16.9 Å². The molecule has 2 N–H and O–H groups in total. The Balaban J connectivity index is 1.73. The lowest BCUT2D eigenvalue weighted by atomic mass is 9.66. The van der Waals surface area contributed by atoms with Gasteiger partial charge in [0, 0.05) is 65.0 Å². The van der Waals surface area contributed by atoms with Crippen LogP contribution in [0.2, 0.25) is 0 Å². The third-order valence-electron chi connectivity index (χ3n) is 6.35. The van der Waals surface area contributed by atoms with Crippen LogP contribution in [0.3, 0.4) is 0 Å². The van der Waals surface area contributed by atoms with Gasteiger partial charge in [-0.25, -0.2) is 13.8 Å². The number of hydrogen-bond donors (Lipinski definition) is 1. The average molecular weight is 453 g/mol. The van der Waals surface area contributed by atoms with Crippen LogP contribution in [0.4, 0.5) is 8.78 Å². The van der Waals surface area contributed by atoms with Gasteiger partial charge in [-0.05, 0) is 36.6 Å². The molecule has 2 aliphatic rings. The number of hydrogen-bond acceptors (Lipinski definition) is 6. The molecule has 0 unspecified atom stereocenters. The number of thioether (sulfide) groups is 1. The molecule has 32 heavy (non-hydrogen) atoms. The lowest BCUT2D eigenvalue weighted by Crippen LogP contribution is -2.46. The molecule has 164 valence electrons. The number of pyridine rings is 2. The number of nitrogens with two attached hydrogens (primary N) is 1.